The Balaban J connectivity index is 1.69. The summed E-state index contributed by atoms with van der Waals surface area (Å²) >= 11 is 1.40. The monoisotopic (exact) mass is 399 g/mol. The van der Waals surface area contributed by atoms with Crippen molar-refractivity contribution in [1.82, 2.24) is 15.2 Å². The van der Waals surface area contributed by atoms with Crippen molar-refractivity contribution in [1.29, 1.82) is 0 Å². The molecule has 1 heterocycles. The number of nitrogens with zero attached hydrogens (tertiary/aromatic N) is 2. The maximum absolute atomic E-state index is 13.0. The number of amides is 1. The Morgan fingerprint density at radius 2 is 1.93 bits per heavy atom. The first-order valence-electron chi connectivity index (χ1n) is 8.88. The first-order chi connectivity index (χ1) is 13.5. The molecule has 1 N–H and O–H groups in total. The lowest BCUT2D eigenvalue weighted by Crippen LogP contribution is -2.31. The molecule has 0 atom stereocenters. The average molecular weight is 399 g/mol. The van der Waals surface area contributed by atoms with Gasteiger partial charge < -0.3 is 15.0 Å². The van der Waals surface area contributed by atoms with Crippen LogP contribution >= 0.6 is 11.3 Å². The van der Waals surface area contributed by atoms with Crippen LogP contribution in [0.25, 0.3) is 10.6 Å². The highest BCUT2D eigenvalue weighted by Gasteiger charge is 2.14. The van der Waals surface area contributed by atoms with Gasteiger partial charge in [-0.2, -0.15) is 0 Å². The first-order valence-corrected chi connectivity index (χ1v) is 9.76. The molecule has 3 rings (SSSR count). The highest BCUT2D eigenvalue weighted by molar-refractivity contribution is 7.13. The van der Waals surface area contributed by atoms with Gasteiger partial charge in [0.2, 0.25) is 0 Å². The van der Waals surface area contributed by atoms with Gasteiger partial charge in [-0.3, -0.25) is 4.79 Å². The van der Waals surface area contributed by atoms with E-state index in [2.05, 4.69) is 10.3 Å². The Labute approximate surface area is 167 Å². The van der Waals surface area contributed by atoms with Gasteiger partial charge >= 0.3 is 0 Å². The van der Waals surface area contributed by atoms with Crippen LogP contribution in [-0.2, 0) is 6.61 Å². The van der Waals surface area contributed by atoms with Gasteiger partial charge in [-0.15, -0.1) is 11.3 Å². The van der Waals surface area contributed by atoms with E-state index in [1.165, 1.54) is 23.5 Å². The topological polar surface area (TPSA) is 54.5 Å². The van der Waals surface area contributed by atoms with Gasteiger partial charge in [-0.25, -0.2) is 9.37 Å². The quantitative estimate of drug-likeness (QED) is 0.626. The maximum atomic E-state index is 13.0. The Morgan fingerprint density at radius 3 is 2.68 bits per heavy atom. The summed E-state index contributed by atoms with van der Waals surface area (Å²) in [4.78, 5) is 18.7. The molecule has 0 radical (unpaired) electrons. The van der Waals surface area contributed by atoms with E-state index in [-0.39, 0.29) is 11.7 Å². The summed E-state index contributed by atoms with van der Waals surface area (Å²) < 4.78 is 19.0. The molecular weight excluding hydrogens is 377 g/mol. The Morgan fingerprint density at radius 1 is 1.18 bits per heavy atom. The molecule has 0 saturated heterocycles. The van der Waals surface area contributed by atoms with Gasteiger partial charge in [0.05, 0.1) is 5.56 Å². The third-order valence-electron chi connectivity index (χ3n) is 4.01. The highest BCUT2D eigenvalue weighted by Crippen LogP contribution is 2.32. The van der Waals surface area contributed by atoms with Crippen molar-refractivity contribution >= 4 is 17.2 Å². The van der Waals surface area contributed by atoms with Crippen LogP contribution in [0.4, 0.5) is 4.39 Å². The predicted molar refractivity (Wildman–Crippen MR) is 109 cm³/mol. The number of hydrogen-bond acceptors (Lipinski definition) is 5. The molecule has 0 aliphatic carbocycles. The van der Waals surface area contributed by atoms with Crippen molar-refractivity contribution in [3.8, 4) is 16.3 Å². The number of halogens is 1. The molecule has 0 aliphatic heterocycles. The summed E-state index contributed by atoms with van der Waals surface area (Å²) in [5.41, 5.74) is 2.09. The molecule has 3 aromatic rings. The van der Waals surface area contributed by atoms with Crippen LogP contribution in [0, 0.1) is 5.82 Å². The fraction of sp³-hybridized carbons (Fsp3) is 0.238. The molecule has 28 heavy (non-hydrogen) atoms. The van der Waals surface area contributed by atoms with Crippen molar-refractivity contribution in [3.63, 3.8) is 0 Å². The third kappa shape index (κ3) is 5.37. The maximum Gasteiger partial charge on any atom is 0.270 e. The van der Waals surface area contributed by atoms with E-state index < -0.39 is 0 Å². The molecule has 0 aliphatic rings. The van der Waals surface area contributed by atoms with E-state index in [9.17, 15) is 9.18 Å². The van der Waals surface area contributed by atoms with Gasteiger partial charge in [-0.05, 0) is 43.9 Å². The van der Waals surface area contributed by atoms with Gasteiger partial charge in [0.15, 0.2) is 0 Å². The predicted octanol–water partition coefficient (Wildman–Crippen LogP) is 3.82. The van der Waals surface area contributed by atoms with Crippen molar-refractivity contribution in [2.75, 3.05) is 27.2 Å². The number of rotatable bonds is 8. The number of carbonyl (C=O) groups excluding carboxylic acids is 1. The zero-order chi connectivity index (χ0) is 19.9. The lowest BCUT2D eigenvalue weighted by molar-refractivity contribution is 0.0947. The zero-order valence-corrected chi connectivity index (χ0v) is 16.6. The number of thiazole rings is 1. The minimum absolute atomic E-state index is 0.186. The minimum Gasteiger partial charge on any atom is -0.488 e. The molecular formula is C21H22FN3O2S. The third-order valence-corrected chi connectivity index (χ3v) is 4.88. The van der Waals surface area contributed by atoms with Crippen LogP contribution in [0.2, 0.25) is 0 Å². The Hall–Kier alpha value is -2.77. The second-order valence-corrected chi connectivity index (χ2v) is 7.37. The van der Waals surface area contributed by atoms with Crippen LogP contribution in [0.1, 0.15) is 16.1 Å². The SMILES string of the molecule is CN(C)CCNC(=O)c1csc(-c2ccccc2OCc2ccc(F)cc2)n1. The van der Waals surface area contributed by atoms with E-state index in [0.717, 1.165) is 17.7 Å². The molecule has 146 valence electrons. The van der Waals surface area contributed by atoms with E-state index >= 15 is 0 Å². The van der Waals surface area contributed by atoms with Gasteiger partial charge in [0.1, 0.15) is 28.9 Å². The van der Waals surface area contributed by atoms with Gasteiger partial charge in [0.25, 0.3) is 5.91 Å². The largest absolute Gasteiger partial charge is 0.488 e. The van der Waals surface area contributed by atoms with Gasteiger partial charge in [-0.1, -0.05) is 24.3 Å². The van der Waals surface area contributed by atoms with E-state index in [1.54, 1.807) is 17.5 Å². The molecule has 2 aromatic carbocycles. The highest BCUT2D eigenvalue weighted by atomic mass is 32.1. The summed E-state index contributed by atoms with van der Waals surface area (Å²) in [5, 5.41) is 5.32. The summed E-state index contributed by atoms with van der Waals surface area (Å²) in [7, 11) is 3.91. The molecule has 0 bridgehead atoms. The summed E-state index contributed by atoms with van der Waals surface area (Å²) in [6.07, 6.45) is 0. The standard InChI is InChI=1S/C21H22FN3O2S/c1-25(2)12-11-23-20(26)18-14-28-21(24-18)17-5-3-4-6-19(17)27-13-15-7-9-16(22)10-8-15/h3-10,14H,11-13H2,1-2H3,(H,23,26). The molecule has 0 saturated carbocycles. The smallest absolute Gasteiger partial charge is 0.270 e. The number of para-hydroxylation sites is 1. The molecule has 0 fully saturated rings. The van der Waals surface area contributed by atoms with E-state index in [0.29, 0.717) is 29.6 Å². The number of aromatic nitrogens is 1. The summed E-state index contributed by atoms with van der Waals surface area (Å²) in [6.45, 7) is 1.65. The fourth-order valence-electron chi connectivity index (χ4n) is 2.50. The number of benzene rings is 2. The molecule has 7 heteroatoms. The first kappa shape index (κ1) is 20.0. The van der Waals surface area contributed by atoms with Gasteiger partial charge in [0, 0.05) is 18.5 Å². The molecule has 1 amide bonds. The number of likely N-dealkylation sites (N-methyl/N-ethyl adjacent to an activating group) is 1. The van der Waals surface area contributed by atoms with Crippen LogP contribution in [0.5, 0.6) is 5.75 Å². The van der Waals surface area contributed by atoms with E-state index in [4.69, 9.17) is 4.74 Å². The van der Waals surface area contributed by atoms with Crippen LogP contribution < -0.4 is 10.1 Å². The van der Waals surface area contributed by atoms with E-state index in [1.807, 2.05) is 43.3 Å². The summed E-state index contributed by atoms with van der Waals surface area (Å²) in [5.74, 6) is 0.207. The average Bonchev–Trinajstić information content (AvgIpc) is 3.17. The lowest BCUT2D eigenvalue weighted by atomic mass is 10.2. The minimum atomic E-state index is -0.275. The zero-order valence-electron chi connectivity index (χ0n) is 15.8. The number of hydrogen-bond donors (Lipinski definition) is 1. The molecule has 1 aromatic heterocycles. The Kier molecular flexibility index (Phi) is 6.73. The number of ether oxygens (including phenoxy) is 1. The number of carbonyl (C=O) groups is 1. The Bertz CT molecular complexity index is 925. The van der Waals surface area contributed by atoms with Crippen molar-refractivity contribution < 1.29 is 13.9 Å². The van der Waals surface area contributed by atoms with Crippen molar-refractivity contribution in [2.24, 2.45) is 0 Å². The number of nitrogens with one attached hydrogen (secondary N) is 1. The second-order valence-electron chi connectivity index (χ2n) is 6.51. The van der Waals surface area contributed by atoms with Crippen LogP contribution in [-0.4, -0.2) is 43.0 Å². The molecule has 5 nitrogen and oxygen atoms in total. The molecule has 0 spiro atoms. The fourth-order valence-corrected chi connectivity index (χ4v) is 3.33. The lowest BCUT2D eigenvalue weighted by Gasteiger charge is -2.10. The van der Waals surface area contributed by atoms with Crippen molar-refractivity contribution in [2.45, 2.75) is 6.61 Å². The summed E-state index contributed by atoms with van der Waals surface area (Å²) in [6, 6.07) is 13.8. The van der Waals surface area contributed by atoms with Crippen molar-refractivity contribution in [3.05, 3.63) is 71.0 Å². The van der Waals surface area contributed by atoms with Crippen LogP contribution in [0.3, 0.4) is 0 Å². The molecule has 0 unspecified atom stereocenters. The normalized spacial score (nSPS) is 10.9. The van der Waals surface area contributed by atoms with Crippen LogP contribution in [0.15, 0.2) is 53.9 Å². The second kappa shape index (κ2) is 9.43.